The van der Waals surface area contributed by atoms with Crippen LogP contribution in [0.1, 0.15) is 14.9 Å². The summed E-state index contributed by atoms with van der Waals surface area (Å²) in [4.78, 5) is 0. The topological polar surface area (TPSA) is 0 Å². The Hall–Kier alpha value is -2.08. The van der Waals surface area contributed by atoms with E-state index >= 15 is 0 Å². The van der Waals surface area contributed by atoms with Gasteiger partial charge < -0.3 is 0 Å². The summed E-state index contributed by atoms with van der Waals surface area (Å²) in [6.07, 6.45) is 0. The van der Waals surface area contributed by atoms with Gasteiger partial charge in [0.2, 0.25) is 0 Å². The first-order valence-corrected chi connectivity index (χ1v) is 5.40. The highest BCUT2D eigenvalue weighted by molar-refractivity contribution is 5.81. The second-order valence-electron chi connectivity index (χ2n) is 3.50. The van der Waals surface area contributed by atoms with Gasteiger partial charge in [-0.1, -0.05) is 99.8 Å². The Kier molecular flexibility index (Phi) is 7.96. The van der Waals surface area contributed by atoms with Gasteiger partial charge in [0.05, 0.1) is 0 Å². The molecule has 0 unspecified atom stereocenters. The summed E-state index contributed by atoms with van der Waals surface area (Å²) in [5.74, 6) is 0. The summed E-state index contributed by atoms with van der Waals surface area (Å²) in [6.45, 7) is 0. The molecule has 0 atom stereocenters. The number of hydrogen-bond acceptors (Lipinski definition) is 0. The first-order valence-electron chi connectivity index (χ1n) is 5.40. The first-order chi connectivity index (χ1) is 7.97. The molecule has 3 aromatic carbocycles. The lowest BCUT2D eigenvalue weighted by atomic mass is 10.1. The summed E-state index contributed by atoms with van der Waals surface area (Å²) in [5, 5.41) is 2.62. The molecule has 0 saturated carbocycles. The number of rotatable bonds is 0. The maximum Gasteiger partial charge on any atom is -0.0184 e. The van der Waals surface area contributed by atoms with Crippen LogP contribution in [0.15, 0.2) is 84.9 Å². The van der Waals surface area contributed by atoms with E-state index in [1.165, 1.54) is 10.8 Å². The van der Waals surface area contributed by atoms with Crippen LogP contribution in [-0.2, 0) is 0 Å². The Labute approximate surface area is 111 Å². The molecule has 3 rings (SSSR count). The van der Waals surface area contributed by atoms with Crippen LogP contribution in [0.25, 0.3) is 10.8 Å². The minimum atomic E-state index is 0. The molecule has 0 spiro atoms. The van der Waals surface area contributed by atoms with Crippen LogP contribution < -0.4 is 0 Å². The quantitative estimate of drug-likeness (QED) is 0.464. The molecular weight excluding hydrogens is 216 g/mol. The third-order valence-corrected chi connectivity index (χ3v) is 2.33. The highest BCUT2D eigenvalue weighted by Gasteiger charge is 1.85. The molecule has 3 aromatic rings. The molecule has 0 nitrogen and oxygen atoms in total. The largest absolute Gasteiger partial charge is 0.0776 e. The van der Waals surface area contributed by atoms with Crippen LogP contribution >= 0.6 is 0 Å². The third kappa shape index (κ3) is 4.84. The summed E-state index contributed by atoms with van der Waals surface area (Å²) in [7, 11) is 0. The molecule has 0 aromatic heterocycles. The molecule has 0 fully saturated rings. The fourth-order valence-corrected chi connectivity index (χ4v) is 1.52. The highest BCUT2D eigenvalue weighted by Crippen LogP contribution is 2.11. The van der Waals surface area contributed by atoms with E-state index in [-0.39, 0.29) is 14.9 Å². The molecule has 0 heteroatoms. The molecule has 18 heavy (non-hydrogen) atoms. The standard InChI is InChI=1S/C10H8.C6H6.2CH4/c1-2-6-10-8-4-3-7-9(10)5-1;1-2-4-6-5-3-1;;/h1-8H;1-6H;2*1H4. The van der Waals surface area contributed by atoms with E-state index in [1.807, 2.05) is 36.4 Å². The average molecular weight is 238 g/mol. The van der Waals surface area contributed by atoms with E-state index in [1.54, 1.807) is 0 Å². The van der Waals surface area contributed by atoms with Gasteiger partial charge in [0, 0.05) is 0 Å². The maximum atomic E-state index is 2.12. The van der Waals surface area contributed by atoms with Crippen molar-refractivity contribution in [3.8, 4) is 0 Å². The Morgan fingerprint density at radius 1 is 0.333 bits per heavy atom. The van der Waals surface area contributed by atoms with E-state index in [0.717, 1.165) is 0 Å². The predicted molar refractivity (Wildman–Crippen MR) is 83.9 cm³/mol. The number of hydrogen-bond donors (Lipinski definition) is 0. The van der Waals surface area contributed by atoms with E-state index in [2.05, 4.69) is 48.5 Å². The summed E-state index contributed by atoms with van der Waals surface area (Å²) in [5.41, 5.74) is 0. The monoisotopic (exact) mass is 238 g/mol. The second-order valence-corrected chi connectivity index (χ2v) is 3.50. The smallest absolute Gasteiger partial charge is 0.0184 e. The minimum absolute atomic E-state index is 0. The molecule has 0 radical (unpaired) electrons. The van der Waals surface area contributed by atoms with Crippen LogP contribution in [0, 0.1) is 0 Å². The van der Waals surface area contributed by atoms with Crippen molar-refractivity contribution in [1.29, 1.82) is 0 Å². The van der Waals surface area contributed by atoms with Crippen molar-refractivity contribution in [3.63, 3.8) is 0 Å². The van der Waals surface area contributed by atoms with Gasteiger partial charge in [-0.25, -0.2) is 0 Å². The normalized spacial score (nSPS) is 8.22. The Morgan fingerprint density at radius 2 is 0.556 bits per heavy atom. The Balaban J connectivity index is 0.000000319. The third-order valence-electron chi connectivity index (χ3n) is 2.33. The first kappa shape index (κ1) is 15.9. The average Bonchev–Trinajstić information content (AvgIpc) is 2.42. The van der Waals surface area contributed by atoms with Crippen molar-refractivity contribution in [2.24, 2.45) is 0 Å². The van der Waals surface area contributed by atoms with E-state index in [4.69, 9.17) is 0 Å². The van der Waals surface area contributed by atoms with E-state index in [0.29, 0.717) is 0 Å². The van der Waals surface area contributed by atoms with Gasteiger partial charge in [-0.3, -0.25) is 0 Å². The van der Waals surface area contributed by atoms with Crippen molar-refractivity contribution in [1.82, 2.24) is 0 Å². The van der Waals surface area contributed by atoms with Crippen molar-refractivity contribution in [2.45, 2.75) is 14.9 Å². The van der Waals surface area contributed by atoms with E-state index < -0.39 is 0 Å². The summed E-state index contributed by atoms with van der Waals surface area (Å²) < 4.78 is 0. The molecule has 0 N–H and O–H groups in total. The van der Waals surface area contributed by atoms with Gasteiger partial charge >= 0.3 is 0 Å². The van der Waals surface area contributed by atoms with Gasteiger partial charge in [0.15, 0.2) is 0 Å². The van der Waals surface area contributed by atoms with Gasteiger partial charge in [-0.05, 0) is 10.8 Å². The van der Waals surface area contributed by atoms with Gasteiger partial charge in [0.1, 0.15) is 0 Å². The van der Waals surface area contributed by atoms with Crippen LogP contribution in [0.5, 0.6) is 0 Å². The van der Waals surface area contributed by atoms with Crippen molar-refractivity contribution in [2.75, 3.05) is 0 Å². The van der Waals surface area contributed by atoms with Crippen LogP contribution in [0.3, 0.4) is 0 Å². The lowest BCUT2D eigenvalue weighted by Crippen LogP contribution is -1.67. The molecule has 0 amide bonds. The Bertz CT molecular complexity index is 434. The zero-order chi connectivity index (χ0) is 11.1. The van der Waals surface area contributed by atoms with Gasteiger partial charge in [-0.15, -0.1) is 0 Å². The second kappa shape index (κ2) is 9.00. The fourth-order valence-electron chi connectivity index (χ4n) is 1.52. The van der Waals surface area contributed by atoms with Crippen LogP contribution in [0.4, 0.5) is 0 Å². The lowest BCUT2D eigenvalue weighted by molar-refractivity contribution is 1.72. The van der Waals surface area contributed by atoms with E-state index in [9.17, 15) is 0 Å². The molecule has 0 aliphatic heterocycles. The van der Waals surface area contributed by atoms with Gasteiger partial charge in [0.25, 0.3) is 0 Å². The van der Waals surface area contributed by atoms with Crippen molar-refractivity contribution in [3.05, 3.63) is 84.9 Å². The molecule has 0 saturated heterocycles. The van der Waals surface area contributed by atoms with Crippen LogP contribution in [-0.4, -0.2) is 0 Å². The van der Waals surface area contributed by atoms with Crippen LogP contribution in [0.2, 0.25) is 0 Å². The summed E-state index contributed by atoms with van der Waals surface area (Å²) in [6, 6.07) is 28.7. The Morgan fingerprint density at radius 3 is 0.778 bits per heavy atom. The maximum absolute atomic E-state index is 2.12. The lowest BCUT2D eigenvalue weighted by Gasteiger charge is -1.92. The molecule has 0 heterocycles. The van der Waals surface area contributed by atoms with Crippen molar-refractivity contribution < 1.29 is 0 Å². The fraction of sp³-hybridized carbons (Fsp3) is 0.111. The number of benzene rings is 3. The SMILES string of the molecule is C.C.c1ccc2ccccc2c1.c1ccccc1. The molecule has 0 aliphatic carbocycles. The molecule has 94 valence electrons. The summed E-state index contributed by atoms with van der Waals surface area (Å²) >= 11 is 0. The molecular formula is C18H22. The van der Waals surface area contributed by atoms with Gasteiger partial charge in [-0.2, -0.15) is 0 Å². The predicted octanol–water partition coefficient (Wildman–Crippen LogP) is 5.80. The zero-order valence-corrected chi connectivity index (χ0v) is 9.08. The minimum Gasteiger partial charge on any atom is -0.0776 e. The highest BCUT2D eigenvalue weighted by atomic mass is 13.9. The molecule has 0 aliphatic rings. The van der Waals surface area contributed by atoms with Crippen molar-refractivity contribution >= 4 is 10.8 Å². The molecule has 0 bridgehead atoms. The zero-order valence-electron chi connectivity index (χ0n) is 9.08. The number of fused-ring (bicyclic) bond motifs is 1.